The summed E-state index contributed by atoms with van der Waals surface area (Å²) in [7, 11) is 0. The van der Waals surface area contributed by atoms with Gasteiger partial charge in [0.05, 0.1) is 11.2 Å². The number of Topliss-reactive ketones (excluding diaryl/α,β-unsaturated/α-hetero) is 1. The largest absolute Gasteiger partial charge is 0.511 e. The van der Waals surface area contributed by atoms with E-state index in [0.717, 1.165) is 29.3 Å². The van der Waals surface area contributed by atoms with Crippen LogP contribution in [0.3, 0.4) is 0 Å². The summed E-state index contributed by atoms with van der Waals surface area (Å²) in [5.41, 5.74) is 2.83. The number of fused-ring (bicyclic) bond motifs is 2. The van der Waals surface area contributed by atoms with Crippen LogP contribution in [0.4, 0.5) is 0 Å². The number of pyridine rings is 1. The third-order valence-electron chi connectivity index (χ3n) is 5.80. The molecule has 2 unspecified atom stereocenters. The van der Waals surface area contributed by atoms with Gasteiger partial charge in [-0.05, 0) is 24.1 Å². The highest BCUT2D eigenvalue weighted by Gasteiger charge is 2.39. The lowest BCUT2D eigenvalue weighted by atomic mass is 9.75. The molecule has 1 aliphatic rings. The Hall–Kier alpha value is -3.47. The molecular weight excluding hydrogens is 388 g/mol. The van der Waals surface area contributed by atoms with Crippen LogP contribution in [-0.2, 0) is 4.79 Å². The highest BCUT2D eigenvalue weighted by Crippen LogP contribution is 2.41. The van der Waals surface area contributed by atoms with Gasteiger partial charge in [-0.25, -0.2) is 4.98 Å². The van der Waals surface area contributed by atoms with Crippen LogP contribution in [0, 0.1) is 5.92 Å². The van der Waals surface area contributed by atoms with Crippen molar-refractivity contribution in [3.63, 3.8) is 0 Å². The van der Waals surface area contributed by atoms with Crippen molar-refractivity contribution >= 4 is 28.7 Å². The molecule has 4 rings (SSSR count). The number of carbonyl (C=O) groups is 2. The maximum atomic E-state index is 13.1. The zero-order valence-electron chi connectivity index (χ0n) is 17.5. The Morgan fingerprint density at radius 1 is 1.06 bits per heavy atom. The maximum Gasteiger partial charge on any atom is 0.231 e. The van der Waals surface area contributed by atoms with E-state index >= 15 is 0 Å². The number of amides is 1. The second-order valence-corrected chi connectivity index (χ2v) is 7.95. The van der Waals surface area contributed by atoms with E-state index in [2.05, 4.69) is 17.2 Å². The average molecular weight is 415 g/mol. The van der Waals surface area contributed by atoms with Crippen LogP contribution < -0.4 is 5.32 Å². The first-order valence-corrected chi connectivity index (χ1v) is 10.7. The van der Waals surface area contributed by atoms with E-state index in [9.17, 15) is 14.7 Å². The Bertz CT molecular complexity index is 1140. The van der Waals surface area contributed by atoms with Gasteiger partial charge < -0.3 is 10.4 Å². The van der Waals surface area contributed by atoms with Crippen molar-refractivity contribution in [3.8, 4) is 0 Å². The second-order valence-electron chi connectivity index (χ2n) is 7.95. The van der Waals surface area contributed by atoms with Crippen LogP contribution in [0.5, 0.6) is 0 Å². The number of carbonyl (C=O) groups excluding carboxylic acids is 2. The number of hydrogen-bond donors (Lipinski definition) is 2. The first-order chi connectivity index (χ1) is 15.1. The molecule has 0 radical (unpaired) electrons. The summed E-state index contributed by atoms with van der Waals surface area (Å²) >= 11 is 0. The summed E-state index contributed by atoms with van der Waals surface area (Å²) in [5.74, 6) is -1.68. The van der Waals surface area contributed by atoms with Crippen LogP contribution >= 0.6 is 0 Å². The summed E-state index contributed by atoms with van der Waals surface area (Å²) in [6, 6.07) is 18.8. The molecule has 0 saturated carbocycles. The summed E-state index contributed by atoms with van der Waals surface area (Å²) in [6.07, 6.45) is 3.50. The minimum atomic E-state index is -0.819. The Labute approximate surface area is 181 Å². The lowest BCUT2D eigenvalue weighted by Gasteiger charge is -2.30. The number of aromatic nitrogens is 1. The van der Waals surface area contributed by atoms with Crippen LogP contribution in [0.15, 0.2) is 66.4 Å². The van der Waals surface area contributed by atoms with Crippen molar-refractivity contribution in [1.29, 1.82) is 0 Å². The van der Waals surface area contributed by atoms with E-state index in [1.807, 2.05) is 48.5 Å². The second kappa shape index (κ2) is 9.13. The molecule has 1 amide bonds. The zero-order chi connectivity index (χ0) is 21.8. The third kappa shape index (κ3) is 4.36. The number of hydrogen-bond acceptors (Lipinski definition) is 4. The SMILES string of the molecule is CCCCNC(=O)C1C(O)=Cc2nc3ccccc3cc2C1CC(=O)c1ccccc1. The monoisotopic (exact) mass is 414 g/mol. The minimum absolute atomic E-state index is 0.0462. The molecule has 0 saturated heterocycles. The highest BCUT2D eigenvalue weighted by atomic mass is 16.3. The van der Waals surface area contributed by atoms with Crippen LogP contribution in [0.1, 0.15) is 53.7 Å². The molecule has 0 aliphatic heterocycles. The first-order valence-electron chi connectivity index (χ1n) is 10.7. The molecule has 1 aliphatic carbocycles. The molecule has 0 fully saturated rings. The predicted molar refractivity (Wildman–Crippen MR) is 122 cm³/mol. The maximum absolute atomic E-state index is 13.1. The number of unbranched alkanes of at least 4 members (excludes halogenated alkanes) is 1. The molecule has 2 aromatic carbocycles. The number of rotatable bonds is 7. The number of para-hydroxylation sites is 1. The molecular formula is C26H26N2O3. The Balaban J connectivity index is 1.75. The number of nitrogens with zero attached hydrogens (tertiary/aromatic N) is 1. The van der Waals surface area contributed by atoms with Gasteiger partial charge in [0.2, 0.25) is 5.91 Å². The molecule has 5 nitrogen and oxygen atoms in total. The zero-order valence-corrected chi connectivity index (χ0v) is 17.5. The minimum Gasteiger partial charge on any atom is -0.511 e. The molecule has 0 bridgehead atoms. The van der Waals surface area contributed by atoms with Crippen LogP contribution in [0.25, 0.3) is 17.0 Å². The fourth-order valence-electron chi connectivity index (χ4n) is 4.16. The quantitative estimate of drug-likeness (QED) is 0.419. The van der Waals surface area contributed by atoms with Gasteiger partial charge in [0.1, 0.15) is 11.7 Å². The highest BCUT2D eigenvalue weighted by molar-refractivity contribution is 5.98. The van der Waals surface area contributed by atoms with E-state index in [0.29, 0.717) is 17.8 Å². The van der Waals surface area contributed by atoms with Gasteiger partial charge in [0.25, 0.3) is 0 Å². The average Bonchev–Trinajstić information content (AvgIpc) is 2.78. The topological polar surface area (TPSA) is 79.3 Å². The van der Waals surface area contributed by atoms with Gasteiger partial charge in [-0.15, -0.1) is 0 Å². The molecule has 0 spiro atoms. The summed E-state index contributed by atoms with van der Waals surface area (Å²) in [5, 5.41) is 14.7. The smallest absolute Gasteiger partial charge is 0.231 e. The van der Waals surface area contributed by atoms with Gasteiger partial charge in [0.15, 0.2) is 5.78 Å². The molecule has 2 atom stereocenters. The molecule has 5 heteroatoms. The van der Waals surface area contributed by atoms with Crippen LogP contribution in [0.2, 0.25) is 0 Å². The van der Waals surface area contributed by atoms with Gasteiger partial charge in [-0.1, -0.05) is 61.9 Å². The predicted octanol–water partition coefficient (Wildman–Crippen LogP) is 5.04. The van der Waals surface area contributed by atoms with Crippen molar-refractivity contribution in [2.75, 3.05) is 6.54 Å². The van der Waals surface area contributed by atoms with Gasteiger partial charge >= 0.3 is 0 Å². The van der Waals surface area contributed by atoms with E-state index < -0.39 is 11.8 Å². The normalized spacial score (nSPS) is 17.6. The molecule has 31 heavy (non-hydrogen) atoms. The standard InChI is InChI=1S/C26H26N2O3/c1-2-3-13-27-26(31)25-20(15-23(29)17-9-5-4-6-10-17)19-14-18-11-7-8-12-21(18)28-22(19)16-24(25)30/h4-12,14,16,20,25,30H,2-3,13,15H2,1H3,(H,27,31). The first kappa shape index (κ1) is 20.8. The summed E-state index contributed by atoms with van der Waals surface area (Å²) in [4.78, 5) is 30.8. The number of aliphatic hydroxyl groups excluding tert-OH is 1. The fraction of sp³-hybridized carbons (Fsp3) is 0.269. The number of benzene rings is 2. The Morgan fingerprint density at radius 3 is 2.58 bits per heavy atom. The molecule has 2 N–H and O–H groups in total. The van der Waals surface area contributed by atoms with Gasteiger partial charge in [-0.2, -0.15) is 0 Å². The van der Waals surface area contributed by atoms with Gasteiger partial charge in [-0.3, -0.25) is 9.59 Å². The van der Waals surface area contributed by atoms with E-state index in [1.54, 1.807) is 18.2 Å². The van der Waals surface area contributed by atoms with Crippen molar-refractivity contribution in [1.82, 2.24) is 10.3 Å². The van der Waals surface area contributed by atoms with Gasteiger partial charge in [0, 0.05) is 35.9 Å². The Morgan fingerprint density at radius 2 is 1.81 bits per heavy atom. The number of aliphatic hydroxyl groups is 1. The van der Waals surface area contributed by atoms with Crippen molar-refractivity contribution < 1.29 is 14.7 Å². The molecule has 3 aromatic rings. The summed E-state index contributed by atoms with van der Waals surface area (Å²) in [6.45, 7) is 2.60. The third-order valence-corrected chi connectivity index (χ3v) is 5.80. The molecule has 1 heterocycles. The lowest BCUT2D eigenvalue weighted by molar-refractivity contribution is -0.125. The number of nitrogens with one attached hydrogen (secondary N) is 1. The molecule has 158 valence electrons. The lowest BCUT2D eigenvalue weighted by Crippen LogP contribution is -2.38. The fourth-order valence-corrected chi connectivity index (χ4v) is 4.16. The van der Waals surface area contributed by atoms with Crippen molar-refractivity contribution in [2.45, 2.75) is 32.1 Å². The number of ketones is 1. The van der Waals surface area contributed by atoms with E-state index in [-0.39, 0.29) is 23.9 Å². The molecule has 1 aromatic heterocycles. The van der Waals surface area contributed by atoms with Crippen molar-refractivity contribution in [3.05, 3.63) is 83.2 Å². The van der Waals surface area contributed by atoms with E-state index in [4.69, 9.17) is 0 Å². The van der Waals surface area contributed by atoms with Crippen LogP contribution in [-0.4, -0.2) is 28.3 Å². The van der Waals surface area contributed by atoms with Crippen molar-refractivity contribution in [2.24, 2.45) is 5.92 Å². The van der Waals surface area contributed by atoms with E-state index in [1.165, 1.54) is 0 Å². The Kier molecular flexibility index (Phi) is 6.12. The summed E-state index contributed by atoms with van der Waals surface area (Å²) < 4.78 is 0.